The maximum absolute atomic E-state index is 11.1. The molecule has 0 radical (unpaired) electrons. The minimum atomic E-state index is -0.796. The first-order valence-electron chi connectivity index (χ1n) is 5.34. The first kappa shape index (κ1) is 14.0. The Kier molecular flexibility index (Phi) is 4.20. The van der Waals surface area contributed by atoms with E-state index in [1.165, 1.54) is 0 Å². The number of carboxylic acid groups (broad SMARTS) is 1. The summed E-state index contributed by atoms with van der Waals surface area (Å²) in [6.07, 6.45) is 0.476. The van der Waals surface area contributed by atoms with Gasteiger partial charge in [0.2, 0.25) is 0 Å². The van der Waals surface area contributed by atoms with Gasteiger partial charge in [0, 0.05) is 4.47 Å². The lowest BCUT2D eigenvalue weighted by molar-refractivity contribution is -0.146. The van der Waals surface area contributed by atoms with Gasteiger partial charge in [-0.25, -0.2) is 0 Å². The van der Waals surface area contributed by atoms with E-state index in [2.05, 4.69) is 15.9 Å². The summed E-state index contributed by atoms with van der Waals surface area (Å²) in [5.74, 6) is -0.0606. The molecule has 0 aliphatic heterocycles. The molecule has 0 unspecified atom stereocenters. The third-order valence-electron chi connectivity index (χ3n) is 2.87. The molecule has 0 spiro atoms. The molecule has 0 heterocycles. The molecule has 0 aliphatic rings. The second-order valence-electron chi connectivity index (χ2n) is 4.76. The van der Waals surface area contributed by atoms with E-state index in [0.29, 0.717) is 6.42 Å². The maximum atomic E-state index is 11.1. The van der Waals surface area contributed by atoms with Crippen molar-refractivity contribution in [3.05, 3.63) is 27.7 Å². The summed E-state index contributed by atoms with van der Waals surface area (Å²) in [4.78, 5) is 11.1. The highest BCUT2D eigenvalue weighted by molar-refractivity contribution is 9.10. The molecule has 1 rings (SSSR count). The average Bonchev–Trinajstić information content (AvgIpc) is 2.23. The Bertz CT molecular complexity index is 439. The van der Waals surface area contributed by atoms with E-state index in [4.69, 9.17) is 9.84 Å². The van der Waals surface area contributed by atoms with E-state index in [-0.39, 0.29) is 0 Å². The van der Waals surface area contributed by atoms with Gasteiger partial charge in [0.1, 0.15) is 5.75 Å². The van der Waals surface area contributed by atoms with E-state index in [9.17, 15) is 4.79 Å². The number of hydrogen-bond acceptors (Lipinski definition) is 2. The second-order valence-corrected chi connectivity index (χ2v) is 5.61. The van der Waals surface area contributed by atoms with Gasteiger partial charge in [-0.05, 0) is 50.5 Å². The number of carboxylic acids is 1. The Labute approximate surface area is 110 Å². The van der Waals surface area contributed by atoms with Gasteiger partial charge in [0.05, 0.1) is 12.5 Å². The molecule has 1 aromatic carbocycles. The number of benzene rings is 1. The highest BCUT2D eigenvalue weighted by Gasteiger charge is 2.28. The van der Waals surface area contributed by atoms with Crippen LogP contribution in [0.1, 0.15) is 25.0 Å². The Morgan fingerprint density at radius 2 is 2.06 bits per heavy atom. The van der Waals surface area contributed by atoms with Crippen LogP contribution in [0.25, 0.3) is 0 Å². The normalized spacial score (nSPS) is 11.4. The van der Waals surface area contributed by atoms with Crippen LogP contribution >= 0.6 is 15.9 Å². The van der Waals surface area contributed by atoms with Gasteiger partial charge in [0.15, 0.2) is 0 Å². The van der Waals surface area contributed by atoms with Crippen LogP contribution in [-0.2, 0) is 11.2 Å². The number of hydrogen-bond donors (Lipinski definition) is 1. The quantitative estimate of drug-likeness (QED) is 0.927. The average molecular weight is 301 g/mol. The fourth-order valence-electron chi connectivity index (χ4n) is 1.56. The topological polar surface area (TPSA) is 46.5 Å². The molecular weight excluding hydrogens is 284 g/mol. The first-order valence-corrected chi connectivity index (χ1v) is 6.13. The predicted molar refractivity (Wildman–Crippen MR) is 70.6 cm³/mol. The van der Waals surface area contributed by atoms with Crippen molar-refractivity contribution in [3.8, 4) is 5.75 Å². The number of rotatable bonds is 4. The van der Waals surface area contributed by atoms with Gasteiger partial charge in [-0.2, -0.15) is 0 Å². The minimum Gasteiger partial charge on any atom is -0.497 e. The molecular formula is C13H17BrO3. The molecule has 3 nitrogen and oxygen atoms in total. The SMILES string of the molecule is COc1cc(Br)c(C)c(CC(C)(C)C(=O)O)c1. The molecule has 4 heteroatoms. The molecule has 0 aliphatic carbocycles. The molecule has 0 aromatic heterocycles. The number of carbonyl (C=O) groups is 1. The van der Waals surface area contributed by atoms with Crippen molar-refractivity contribution < 1.29 is 14.6 Å². The fraction of sp³-hybridized carbons (Fsp3) is 0.462. The molecule has 0 saturated heterocycles. The largest absolute Gasteiger partial charge is 0.497 e. The first-order chi connectivity index (χ1) is 7.77. The minimum absolute atomic E-state index is 0.476. The van der Waals surface area contributed by atoms with Crippen molar-refractivity contribution in [2.75, 3.05) is 7.11 Å². The number of ether oxygens (including phenoxy) is 1. The highest BCUT2D eigenvalue weighted by atomic mass is 79.9. The van der Waals surface area contributed by atoms with Gasteiger partial charge in [-0.1, -0.05) is 15.9 Å². The van der Waals surface area contributed by atoms with Crippen LogP contribution in [0.2, 0.25) is 0 Å². The zero-order valence-corrected chi connectivity index (χ0v) is 12.1. The molecule has 0 bridgehead atoms. The summed E-state index contributed by atoms with van der Waals surface area (Å²) in [5.41, 5.74) is 1.26. The summed E-state index contributed by atoms with van der Waals surface area (Å²) in [6.45, 7) is 5.42. The van der Waals surface area contributed by atoms with E-state index in [1.54, 1.807) is 21.0 Å². The van der Waals surface area contributed by atoms with E-state index in [0.717, 1.165) is 21.3 Å². The third kappa shape index (κ3) is 3.22. The van der Waals surface area contributed by atoms with E-state index < -0.39 is 11.4 Å². The van der Waals surface area contributed by atoms with Crippen molar-refractivity contribution in [2.24, 2.45) is 5.41 Å². The monoisotopic (exact) mass is 300 g/mol. The van der Waals surface area contributed by atoms with Crippen LogP contribution in [0.15, 0.2) is 16.6 Å². The van der Waals surface area contributed by atoms with Crippen LogP contribution in [0.3, 0.4) is 0 Å². The Hall–Kier alpha value is -1.03. The van der Waals surface area contributed by atoms with Crippen molar-refractivity contribution in [2.45, 2.75) is 27.2 Å². The van der Waals surface area contributed by atoms with Crippen LogP contribution in [0.5, 0.6) is 5.75 Å². The third-order valence-corrected chi connectivity index (χ3v) is 3.70. The number of aliphatic carboxylic acids is 1. The zero-order chi connectivity index (χ0) is 13.2. The summed E-state index contributed by atoms with van der Waals surface area (Å²) >= 11 is 3.45. The van der Waals surface area contributed by atoms with Gasteiger partial charge in [0.25, 0.3) is 0 Å². The predicted octanol–water partition coefficient (Wildman–Crippen LogP) is 3.42. The Morgan fingerprint density at radius 3 is 2.53 bits per heavy atom. The van der Waals surface area contributed by atoms with Gasteiger partial charge < -0.3 is 9.84 Å². The lowest BCUT2D eigenvalue weighted by atomic mass is 9.84. The van der Waals surface area contributed by atoms with E-state index in [1.807, 2.05) is 19.1 Å². The number of halogens is 1. The van der Waals surface area contributed by atoms with Crippen LogP contribution in [0, 0.1) is 12.3 Å². The van der Waals surface area contributed by atoms with Crippen LogP contribution < -0.4 is 4.74 Å². The standard InChI is InChI=1S/C13H17BrO3/c1-8-9(7-13(2,3)12(15)16)5-10(17-4)6-11(8)14/h5-6H,7H2,1-4H3,(H,15,16). The number of methoxy groups -OCH3 is 1. The molecule has 0 amide bonds. The molecule has 1 N–H and O–H groups in total. The molecule has 94 valence electrons. The van der Waals surface area contributed by atoms with Crippen molar-refractivity contribution in [1.82, 2.24) is 0 Å². The summed E-state index contributed by atoms with van der Waals surface area (Å²) in [6, 6.07) is 3.78. The lowest BCUT2D eigenvalue weighted by Gasteiger charge is -2.21. The van der Waals surface area contributed by atoms with Gasteiger partial charge >= 0.3 is 5.97 Å². The highest BCUT2D eigenvalue weighted by Crippen LogP contribution is 2.31. The summed E-state index contributed by atoms with van der Waals surface area (Å²) in [7, 11) is 1.60. The summed E-state index contributed by atoms with van der Waals surface area (Å²) < 4.78 is 6.13. The van der Waals surface area contributed by atoms with Crippen molar-refractivity contribution >= 4 is 21.9 Å². The Morgan fingerprint density at radius 1 is 1.47 bits per heavy atom. The van der Waals surface area contributed by atoms with Crippen LogP contribution in [0.4, 0.5) is 0 Å². The molecule has 0 saturated carbocycles. The molecule has 0 atom stereocenters. The summed E-state index contributed by atoms with van der Waals surface area (Å²) in [5, 5.41) is 9.15. The second kappa shape index (κ2) is 5.08. The maximum Gasteiger partial charge on any atom is 0.309 e. The lowest BCUT2D eigenvalue weighted by Crippen LogP contribution is -2.26. The van der Waals surface area contributed by atoms with Crippen molar-refractivity contribution in [3.63, 3.8) is 0 Å². The van der Waals surface area contributed by atoms with Crippen molar-refractivity contribution in [1.29, 1.82) is 0 Å². The molecule has 17 heavy (non-hydrogen) atoms. The van der Waals surface area contributed by atoms with Gasteiger partial charge in [-0.3, -0.25) is 4.79 Å². The smallest absolute Gasteiger partial charge is 0.309 e. The van der Waals surface area contributed by atoms with Gasteiger partial charge in [-0.15, -0.1) is 0 Å². The molecule has 0 fully saturated rings. The van der Waals surface area contributed by atoms with Crippen LogP contribution in [-0.4, -0.2) is 18.2 Å². The van der Waals surface area contributed by atoms with E-state index >= 15 is 0 Å². The zero-order valence-electron chi connectivity index (χ0n) is 10.5. The fourth-order valence-corrected chi connectivity index (χ4v) is 2.04. The Balaban J connectivity index is 3.14. The molecule has 1 aromatic rings.